The molecule has 0 bridgehead atoms. The number of alkyl halides is 3. The maximum atomic E-state index is 11.9. The zero-order chi connectivity index (χ0) is 9.35. The SMILES string of the molecule is Cl.Nc1cc(C(F)(F)F)n[nH]c1=O. The molecule has 0 unspecified atom stereocenters. The third-order valence-electron chi connectivity index (χ3n) is 1.12. The number of aromatic amines is 1. The minimum atomic E-state index is -4.59. The first-order valence-electron chi connectivity index (χ1n) is 2.83. The normalized spacial score (nSPS) is 10.7. The fourth-order valence-corrected chi connectivity index (χ4v) is 0.566. The average Bonchev–Trinajstić information content (AvgIpc) is 1.92. The molecule has 0 aliphatic heterocycles. The van der Waals surface area contributed by atoms with Crippen LogP contribution in [0.1, 0.15) is 5.69 Å². The summed E-state index contributed by atoms with van der Waals surface area (Å²) in [6.07, 6.45) is -4.59. The fourth-order valence-electron chi connectivity index (χ4n) is 0.566. The second-order valence-corrected chi connectivity index (χ2v) is 2.04. The first kappa shape index (κ1) is 11.8. The Morgan fingerprint density at radius 2 is 2.00 bits per heavy atom. The Labute approximate surface area is 76.4 Å². The molecule has 3 N–H and O–H groups in total. The van der Waals surface area contributed by atoms with Crippen molar-refractivity contribution in [3.63, 3.8) is 0 Å². The number of H-pyrrole nitrogens is 1. The first-order chi connectivity index (χ1) is 5.41. The molecule has 1 rings (SSSR count). The number of nitrogens with zero attached hydrogens (tertiary/aromatic N) is 1. The molecule has 0 fully saturated rings. The van der Waals surface area contributed by atoms with Crippen molar-refractivity contribution in [1.82, 2.24) is 10.2 Å². The van der Waals surface area contributed by atoms with Gasteiger partial charge in [0.2, 0.25) is 0 Å². The van der Waals surface area contributed by atoms with E-state index in [9.17, 15) is 18.0 Å². The molecular formula is C5H5ClF3N3O. The van der Waals surface area contributed by atoms with Crippen molar-refractivity contribution in [2.45, 2.75) is 6.18 Å². The number of nitrogens with two attached hydrogens (primary N) is 1. The molecule has 0 amide bonds. The van der Waals surface area contributed by atoms with E-state index >= 15 is 0 Å². The highest BCUT2D eigenvalue weighted by atomic mass is 35.5. The van der Waals surface area contributed by atoms with Gasteiger partial charge in [0.1, 0.15) is 5.69 Å². The average molecular weight is 216 g/mol. The molecule has 74 valence electrons. The van der Waals surface area contributed by atoms with Crippen molar-refractivity contribution in [1.29, 1.82) is 0 Å². The Bertz CT molecular complexity index is 348. The summed E-state index contributed by atoms with van der Waals surface area (Å²) in [6, 6.07) is 0.485. The zero-order valence-corrected chi connectivity index (χ0v) is 6.87. The number of anilines is 1. The number of nitrogen functional groups attached to an aromatic ring is 1. The lowest BCUT2D eigenvalue weighted by Crippen LogP contribution is -2.18. The second kappa shape index (κ2) is 3.65. The molecule has 1 aromatic heterocycles. The zero-order valence-electron chi connectivity index (χ0n) is 6.05. The van der Waals surface area contributed by atoms with E-state index in [0.717, 1.165) is 0 Å². The summed E-state index contributed by atoms with van der Waals surface area (Å²) in [5.74, 6) is 0. The molecule has 0 aliphatic carbocycles. The lowest BCUT2D eigenvalue weighted by molar-refractivity contribution is -0.141. The summed E-state index contributed by atoms with van der Waals surface area (Å²) < 4.78 is 35.6. The number of rotatable bonds is 0. The molecule has 0 saturated carbocycles. The Balaban J connectivity index is 0.00000144. The van der Waals surface area contributed by atoms with Crippen molar-refractivity contribution < 1.29 is 13.2 Å². The summed E-state index contributed by atoms with van der Waals surface area (Å²) in [5.41, 5.74) is 2.39. The highest BCUT2D eigenvalue weighted by molar-refractivity contribution is 5.85. The van der Waals surface area contributed by atoms with Crippen LogP contribution in [0.25, 0.3) is 0 Å². The maximum Gasteiger partial charge on any atom is 0.435 e. The van der Waals surface area contributed by atoms with E-state index in [2.05, 4.69) is 5.10 Å². The smallest absolute Gasteiger partial charge is 0.394 e. The summed E-state index contributed by atoms with van der Waals surface area (Å²) >= 11 is 0. The maximum absolute atomic E-state index is 11.9. The van der Waals surface area contributed by atoms with E-state index in [4.69, 9.17) is 5.73 Å². The fraction of sp³-hybridized carbons (Fsp3) is 0.200. The largest absolute Gasteiger partial charge is 0.435 e. The third-order valence-corrected chi connectivity index (χ3v) is 1.12. The van der Waals surface area contributed by atoms with E-state index < -0.39 is 23.1 Å². The van der Waals surface area contributed by atoms with Gasteiger partial charge in [0, 0.05) is 0 Å². The van der Waals surface area contributed by atoms with Gasteiger partial charge < -0.3 is 5.73 Å². The molecule has 0 radical (unpaired) electrons. The summed E-state index contributed by atoms with van der Waals surface area (Å²) in [6.45, 7) is 0. The van der Waals surface area contributed by atoms with E-state index in [1.165, 1.54) is 0 Å². The minimum Gasteiger partial charge on any atom is -0.394 e. The van der Waals surface area contributed by atoms with Crippen LogP contribution in [0.3, 0.4) is 0 Å². The van der Waals surface area contributed by atoms with Gasteiger partial charge in [-0.1, -0.05) is 0 Å². The van der Waals surface area contributed by atoms with Gasteiger partial charge in [0.15, 0.2) is 5.69 Å². The number of aromatic nitrogens is 2. The van der Waals surface area contributed by atoms with Gasteiger partial charge in [-0.25, -0.2) is 5.10 Å². The van der Waals surface area contributed by atoms with Crippen molar-refractivity contribution in [2.24, 2.45) is 0 Å². The second-order valence-electron chi connectivity index (χ2n) is 2.04. The minimum absolute atomic E-state index is 0. The van der Waals surface area contributed by atoms with Gasteiger partial charge in [-0.3, -0.25) is 4.79 Å². The van der Waals surface area contributed by atoms with Gasteiger partial charge in [0.25, 0.3) is 5.56 Å². The molecule has 1 heterocycles. The number of nitrogens with one attached hydrogen (secondary N) is 1. The summed E-state index contributed by atoms with van der Waals surface area (Å²) in [5, 5.41) is 4.39. The van der Waals surface area contributed by atoms with Crippen LogP contribution in [0.4, 0.5) is 18.9 Å². The van der Waals surface area contributed by atoms with Crippen LogP contribution in [0.5, 0.6) is 0 Å². The lowest BCUT2D eigenvalue weighted by Gasteiger charge is -2.03. The summed E-state index contributed by atoms with van der Waals surface area (Å²) in [4.78, 5) is 10.5. The predicted molar refractivity (Wildman–Crippen MR) is 41.5 cm³/mol. The van der Waals surface area contributed by atoms with Gasteiger partial charge in [-0.15, -0.1) is 12.4 Å². The van der Waals surface area contributed by atoms with Gasteiger partial charge in [-0.05, 0) is 6.07 Å². The van der Waals surface area contributed by atoms with Crippen LogP contribution in [-0.4, -0.2) is 10.2 Å². The van der Waals surface area contributed by atoms with Gasteiger partial charge >= 0.3 is 6.18 Å². The van der Waals surface area contributed by atoms with Gasteiger partial charge in [-0.2, -0.15) is 18.3 Å². The number of hydrogen-bond acceptors (Lipinski definition) is 3. The molecule has 0 saturated heterocycles. The third kappa shape index (κ3) is 2.62. The van der Waals surface area contributed by atoms with Gasteiger partial charge in [0.05, 0.1) is 0 Å². The standard InChI is InChI=1S/C5H4F3N3O.ClH/c6-5(7,8)3-1-2(9)4(12)11-10-3;/h1H,(H2,9,10)(H,11,12);1H. The Morgan fingerprint density at radius 1 is 1.46 bits per heavy atom. The molecule has 13 heavy (non-hydrogen) atoms. The van der Waals surface area contributed by atoms with Crippen molar-refractivity contribution >= 4 is 18.1 Å². The van der Waals surface area contributed by atoms with E-state index in [1.54, 1.807) is 5.10 Å². The van der Waals surface area contributed by atoms with E-state index in [1.807, 2.05) is 0 Å². The molecule has 0 aromatic carbocycles. The molecule has 8 heteroatoms. The monoisotopic (exact) mass is 215 g/mol. The topological polar surface area (TPSA) is 71.8 Å². The Morgan fingerprint density at radius 3 is 2.38 bits per heavy atom. The van der Waals surface area contributed by atoms with E-state index in [0.29, 0.717) is 6.07 Å². The van der Waals surface area contributed by atoms with Crippen LogP contribution < -0.4 is 11.3 Å². The summed E-state index contributed by atoms with van der Waals surface area (Å²) in [7, 11) is 0. The predicted octanol–water partition coefficient (Wildman–Crippen LogP) is 0.793. The first-order valence-corrected chi connectivity index (χ1v) is 2.83. The molecule has 0 atom stereocenters. The van der Waals surface area contributed by atoms with Crippen molar-refractivity contribution in [2.75, 3.05) is 5.73 Å². The highest BCUT2D eigenvalue weighted by Crippen LogP contribution is 2.26. The number of halogens is 4. The van der Waals surface area contributed by atoms with Crippen molar-refractivity contribution in [3.8, 4) is 0 Å². The quantitative estimate of drug-likeness (QED) is 0.672. The molecule has 0 aliphatic rings. The van der Waals surface area contributed by atoms with Crippen LogP contribution >= 0.6 is 12.4 Å². The highest BCUT2D eigenvalue weighted by Gasteiger charge is 2.33. The van der Waals surface area contributed by atoms with Crippen LogP contribution in [-0.2, 0) is 6.18 Å². The van der Waals surface area contributed by atoms with Crippen LogP contribution in [0, 0.1) is 0 Å². The molecular weight excluding hydrogens is 211 g/mol. The molecule has 4 nitrogen and oxygen atoms in total. The van der Waals surface area contributed by atoms with Crippen molar-refractivity contribution in [3.05, 3.63) is 22.1 Å². The van der Waals surface area contributed by atoms with Crippen LogP contribution in [0.2, 0.25) is 0 Å². The molecule has 0 spiro atoms. The number of hydrogen-bond donors (Lipinski definition) is 2. The Kier molecular flexibility index (Phi) is 3.30. The Hall–Kier alpha value is -1.24. The molecule has 1 aromatic rings. The lowest BCUT2D eigenvalue weighted by atomic mass is 10.3. The van der Waals surface area contributed by atoms with E-state index in [-0.39, 0.29) is 12.4 Å². The van der Waals surface area contributed by atoms with Crippen LogP contribution in [0.15, 0.2) is 10.9 Å².